The van der Waals surface area contributed by atoms with Gasteiger partial charge in [-0.05, 0) is 34.5 Å². The first-order chi connectivity index (χ1) is 8.97. The molecule has 0 aliphatic heterocycles. The summed E-state index contributed by atoms with van der Waals surface area (Å²) in [4.78, 5) is 10.7. The van der Waals surface area contributed by atoms with Gasteiger partial charge in [-0.1, -0.05) is 29.8 Å². The van der Waals surface area contributed by atoms with Crippen molar-refractivity contribution in [2.24, 2.45) is 0 Å². The zero-order valence-corrected chi connectivity index (χ0v) is 11.3. The Morgan fingerprint density at radius 2 is 1.84 bits per heavy atom. The Kier molecular flexibility index (Phi) is 4.19. The third kappa shape index (κ3) is 3.32. The minimum absolute atomic E-state index is 0.387. The van der Waals surface area contributed by atoms with Crippen LogP contribution in [-0.4, -0.2) is 19.8 Å². The van der Waals surface area contributed by atoms with E-state index in [9.17, 15) is 13.6 Å². The molecule has 6 heteroatoms. The number of hydrogen-bond acceptors (Lipinski definition) is 2. The molecular weight excluding hydrogens is 288 g/mol. The van der Waals surface area contributed by atoms with Crippen LogP contribution in [0.3, 0.4) is 0 Å². The molecule has 100 valence electrons. The third-order valence-corrected chi connectivity index (χ3v) is 3.96. The Labute approximate surface area is 117 Å². The van der Waals surface area contributed by atoms with Crippen molar-refractivity contribution in [3.63, 3.8) is 0 Å². The maximum Gasteiger partial charge on any atom is 0.305 e. The van der Waals surface area contributed by atoms with Crippen molar-refractivity contribution in [2.75, 3.05) is 0 Å². The molecule has 2 atom stereocenters. The highest BCUT2D eigenvalue weighted by molar-refractivity contribution is 7.79. The minimum Gasteiger partial charge on any atom is -0.481 e. The molecule has 0 saturated heterocycles. The molecule has 0 aromatic heterocycles. The van der Waals surface area contributed by atoms with Crippen LogP contribution in [0.4, 0.5) is 0 Å². The predicted octanol–water partition coefficient (Wildman–Crippen LogP) is 3.23. The summed E-state index contributed by atoms with van der Waals surface area (Å²) >= 11 is 3.64. The summed E-state index contributed by atoms with van der Waals surface area (Å²) < 4.78 is 20.5. The number of hydrogen-bond donors (Lipinski definition) is 2. The topological polar surface area (TPSA) is 74.6 Å². The number of rotatable bonds is 4. The Morgan fingerprint density at radius 1 is 1.21 bits per heavy atom. The quantitative estimate of drug-likeness (QED) is 0.850. The fourth-order valence-corrected chi connectivity index (χ4v) is 2.74. The van der Waals surface area contributed by atoms with Crippen LogP contribution in [0.2, 0.25) is 5.02 Å². The van der Waals surface area contributed by atoms with Crippen LogP contribution in [0, 0.1) is 0 Å². The third-order valence-electron chi connectivity index (χ3n) is 2.80. The van der Waals surface area contributed by atoms with Gasteiger partial charge in [-0.25, -0.2) is 4.21 Å². The minimum atomic E-state index is -2.23. The van der Waals surface area contributed by atoms with Crippen molar-refractivity contribution < 1.29 is 18.7 Å². The molecule has 19 heavy (non-hydrogen) atoms. The summed E-state index contributed by atoms with van der Waals surface area (Å²) in [5.41, 5.74) is 0.526. The normalized spacial score (nSPS) is 14.2. The summed E-state index contributed by atoms with van der Waals surface area (Å²) in [6, 6.07) is 10.4. The average molecular weight is 299 g/mol. The van der Waals surface area contributed by atoms with E-state index in [-0.39, 0.29) is 6.42 Å². The van der Waals surface area contributed by atoms with Crippen molar-refractivity contribution in [1.82, 2.24) is 0 Å². The second kappa shape index (κ2) is 5.69. The lowest BCUT2D eigenvalue weighted by Crippen LogP contribution is -2.11. The van der Waals surface area contributed by atoms with E-state index < -0.39 is 22.3 Å². The van der Waals surface area contributed by atoms with Gasteiger partial charge >= 0.3 is 5.97 Å². The summed E-state index contributed by atoms with van der Waals surface area (Å²) in [6.07, 6.45) is -0.387. The van der Waals surface area contributed by atoms with Gasteiger partial charge in [0.25, 0.3) is 0 Å². The molecule has 0 spiro atoms. The van der Waals surface area contributed by atoms with E-state index >= 15 is 0 Å². The van der Waals surface area contributed by atoms with Gasteiger partial charge in [-0.2, -0.15) is 0 Å². The maximum absolute atomic E-state index is 11.3. The number of carboxylic acids is 1. The highest BCUT2D eigenvalue weighted by atomic mass is 35.5. The molecule has 2 aromatic rings. The first kappa shape index (κ1) is 14.0. The Morgan fingerprint density at radius 3 is 2.47 bits per heavy atom. The largest absolute Gasteiger partial charge is 0.481 e. The highest BCUT2D eigenvalue weighted by Crippen LogP contribution is 2.27. The van der Waals surface area contributed by atoms with Crippen LogP contribution in [0.15, 0.2) is 36.4 Å². The monoisotopic (exact) mass is 298 g/mol. The van der Waals surface area contributed by atoms with Gasteiger partial charge in [0.05, 0.1) is 11.7 Å². The summed E-state index contributed by atoms with van der Waals surface area (Å²) in [7, 11) is 0. The molecule has 0 aliphatic rings. The first-order valence-corrected chi connectivity index (χ1v) is 7.03. The van der Waals surface area contributed by atoms with Crippen molar-refractivity contribution in [1.29, 1.82) is 0 Å². The molecule has 0 aliphatic carbocycles. The molecule has 0 fully saturated rings. The Bertz CT molecular complexity index is 656. The lowest BCUT2D eigenvalue weighted by molar-refractivity contribution is -0.137. The second-order valence-corrected chi connectivity index (χ2v) is 5.67. The van der Waals surface area contributed by atoms with Crippen molar-refractivity contribution >= 4 is 39.4 Å². The van der Waals surface area contributed by atoms with Crippen LogP contribution in [0.1, 0.15) is 17.2 Å². The maximum atomic E-state index is 11.3. The van der Waals surface area contributed by atoms with Crippen LogP contribution in [-0.2, 0) is 15.9 Å². The highest BCUT2D eigenvalue weighted by Gasteiger charge is 2.21. The Hall–Kier alpha value is -1.43. The molecule has 0 amide bonds. The number of carboxylic acid groups (broad SMARTS) is 1. The van der Waals surface area contributed by atoms with E-state index in [1.807, 2.05) is 0 Å². The van der Waals surface area contributed by atoms with Crippen LogP contribution in [0.25, 0.3) is 10.8 Å². The molecule has 2 N–H and O–H groups in total. The van der Waals surface area contributed by atoms with Gasteiger partial charge in [0.1, 0.15) is 0 Å². The number of fused-ring (bicyclic) bond motifs is 1. The van der Waals surface area contributed by atoms with Gasteiger partial charge in [-0.15, -0.1) is 0 Å². The van der Waals surface area contributed by atoms with Crippen molar-refractivity contribution in [2.45, 2.75) is 11.7 Å². The van der Waals surface area contributed by atoms with Gasteiger partial charge < -0.3 is 9.66 Å². The number of halogens is 1. The first-order valence-electron chi connectivity index (χ1n) is 5.48. The van der Waals surface area contributed by atoms with Crippen molar-refractivity contribution in [3.05, 3.63) is 47.0 Å². The second-order valence-electron chi connectivity index (χ2n) is 4.11. The van der Waals surface area contributed by atoms with E-state index in [0.717, 1.165) is 10.8 Å². The van der Waals surface area contributed by atoms with Crippen LogP contribution < -0.4 is 0 Å². The number of aliphatic carboxylic acids is 1. The van der Waals surface area contributed by atoms with E-state index in [2.05, 4.69) is 0 Å². The van der Waals surface area contributed by atoms with Crippen molar-refractivity contribution in [3.8, 4) is 0 Å². The number of benzene rings is 2. The molecule has 4 nitrogen and oxygen atoms in total. The van der Waals surface area contributed by atoms with E-state index in [4.69, 9.17) is 16.7 Å². The molecule has 2 rings (SSSR count). The lowest BCUT2D eigenvalue weighted by Gasteiger charge is -2.12. The fraction of sp³-hybridized carbons (Fsp3) is 0.154. The van der Waals surface area contributed by atoms with Gasteiger partial charge in [0, 0.05) is 5.02 Å². The summed E-state index contributed by atoms with van der Waals surface area (Å²) in [5.74, 6) is -1.11. The Balaban J connectivity index is 2.46. The molecule has 0 saturated carbocycles. The van der Waals surface area contributed by atoms with E-state index in [0.29, 0.717) is 10.6 Å². The van der Waals surface area contributed by atoms with E-state index in [1.54, 1.807) is 36.4 Å². The number of carbonyl (C=O) groups is 1. The standard InChI is InChI=1S/C13H11ClO4S/c14-11-4-3-8-5-10(2-1-9(8)6-11)12(19(17)18)7-13(15)16/h1-6,12H,7H2,(H,15,16)(H,17,18). The fourth-order valence-electron chi connectivity index (χ4n) is 1.90. The molecule has 0 bridgehead atoms. The van der Waals surface area contributed by atoms with Gasteiger partial charge in [0.15, 0.2) is 11.1 Å². The van der Waals surface area contributed by atoms with E-state index in [1.165, 1.54) is 0 Å². The van der Waals surface area contributed by atoms with Gasteiger partial charge in [0.2, 0.25) is 0 Å². The summed E-state index contributed by atoms with van der Waals surface area (Å²) in [5, 5.41) is 10.2. The summed E-state index contributed by atoms with van der Waals surface area (Å²) in [6.45, 7) is 0. The smallest absolute Gasteiger partial charge is 0.305 e. The molecule has 0 radical (unpaired) electrons. The average Bonchev–Trinajstić information content (AvgIpc) is 2.35. The van der Waals surface area contributed by atoms with Gasteiger partial charge in [-0.3, -0.25) is 4.79 Å². The molecular formula is C13H11ClO4S. The molecule has 2 aromatic carbocycles. The predicted molar refractivity (Wildman–Crippen MR) is 74.7 cm³/mol. The zero-order valence-electron chi connectivity index (χ0n) is 9.75. The molecule has 2 unspecified atom stereocenters. The molecule has 0 heterocycles. The zero-order chi connectivity index (χ0) is 14.0. The van der Waals surface area contributed by atoms with Crippen LogP contribution in [0.5, 0.6) is 0 Å². The SMILES string of the molecule is O=C(O)CC(c1ccc2cc(Cl)ccc2c1)S(=O)O. The van der Waals surface area contributed by atoms with Crippen LogP contribution >= 0.6 is 11.6 Å². The lowest BCUT2D eigenvalue weighted by atomic mass is 10.0.